The van der Waals surface area contributed by atoms with Crippen LogP contribution >= 0.6 is 0 Å². The standard InChI is InChI=1S/C24H26N2O4S/c1-3-30-22-14-16-23(17-15-22)31(28,29)26(18-20-10-6-4-7-11-20)19-24(27)25(2)21-12-8-5-9-13-21/h4-17H,3,18-19H2,1-2H3. The number of likely N-dealkylation sites (N-methyl/N-ethyl adjacent to an activating group) is 1. The number of hydrogen-bond donors (Lipinski definition) is 0. The molecule has 0 aliphatic heterocycles. The van der Waals surface area contributed by atoms with Crippen molar-refractivity contribution >= 4 is 21.6 Å². The lowest BCUT2D eigenvalue weighted by molar-refractivity contribution is -0.118. The Morgan fingerprint density at radius 2 is 1.45 bits per heavy atom. The molecule has 162 valence electrons. The highest BCUT2D eigenvalue weighted by atomic mass is 32.2. The number of rotatable bonds is 9. The topological polar surface area (TPSA) is 66.9 Å². The number of amides is 1. The average Bonchev–Trinajstić information content (AvgIpc) is 2.80. The van der Waals surface area contributed by atoms with Gasteiger partial charge in [-0.3, -0.25) is 4.79 Å². The van der Waals surface area contributed by atoms with E-state index in [1.54, 1.807) is 31.3 Å². The van der Waals surface area contributed by atoms with Gasteiger partial charge in [-0.2, -0.15) is 4.31 Å². The van der Waals surface area contributed by atoms with E-state index in [4.69, 9.17) is 4.74 Å². The van der Waals surface area contributed by atoms with Gasteiger partial charge in [-0.25, -0.2) is 8.42 Å². The van der Waals surface area contributed by atoms with Gasteiger partial charge >= 0.3 is 0 Å². The van der Waals surface area contributed by atoms with Crippen LogP contribution in [-0.2, 0) is 21.4 Å². The molecule has 0 spiro atoms. The Hall–Kier alpha value is -3.16. The van der Waals surface area contributed by atoms with Crippen LogP contribution in [0.2, 0.25) is 0 Å². The van der Waals surface area contributed by atoms with Crippen LogP contribution in [0.5, 0.6) is 5.75 Å². The summed E-state index contributed by atoms with van der Waals surface area (Å²) in [5.41, 5.74) is 1.50. The quantitative estimate of drug-likeness (QED) is 0.508. The minimum absolute atomic E-state index is 0.0881. The predicted octanol–water partition coefficient (Wildman–Crippen LogP) is 3.94. The summed E-state index contributed by atoms with van der Waals surface area (Å²) in [4.78, 5) is 14.5. The number of carbonyl (C=O) groups excluding carboxylic acids is 1. The lowest BCUT2D eigenvalue weighted by Crippen LogP contribution is -2.41. The molecular formula is C24H26N2O4S. The van der Waals surface area contributed by atoms with Crippen molar-refractivity contribution in [2.45, 2.75) is 18.4 Å². The number of benzene rings is 3. The molecule has 0 aliphatic rings. The fourth-order valence-corrected chi connectivity index (χ4v) is 4.47. The van der Waals surface area contributed by atoms with Gasteiger partial charge in [0.25, 0.3) is 0 Å². The van der Waals surface area contributed by atoms with Gasteiger partial charge in [0.2, 0.25) is 15.9 Å². The van der Waals surface area contributed by atoms with Crippen molar-refractivity contribution in [1.82, 2.24) is 4.31 Å². The number of anilines is 1. The van der Waals surface area contributed by atoms with Crippen LogP contribution in [-0.4, -0.2) is 38.8 Å². The second-order valence-corrected chi connectivity index (χ2v) is 8.89. The molecule has 3 aromatic rings. The number of nitrogens with zero attached hydrogens (tertiary/aromatic N) is 2. The first-order valence-corrected chi connectivity index (χ1v) is 11.4. The van der Waals surface area contributed by atoms with Gasteiger partial charge < -0.3 is 9.64 Å². The van der Waals surface area contributed by atoms with Crippen LogP contribution in [0, 0.1) is 0 Å². The van der Waals surface area contributed by atoms with Gasteiger partial charge in [-0.15, -0.1) is 0 Å². The summed E-state index contributed by atoms with van der Waals surface area (Å²) in [6.45, 7) is 2.16. The molecule has 0 aliphatic carbocycles. The fourth-order valence-electron chi connectivity index (χ4n) is 3.09. The summed E-state index contributed by atoms with van der Waals surface area (Å²) in [5.74, 6) is 0.271. The number of hydrogen-bond acceptors (Lipinski definition) is 4. The van der Waals surface area contributed by atoms with Gasteiger partial charge in [0.15, 0.2) is 0 Å². The third-order valence-electron chi connectivity index (χ3n) is 4.80. The van der Waals surface area contributed by atoms with E-state index >= 15 is 0 Å². The maximum Gasteiger partial charge on any atom is 0.243 e. The highest BCUT2D eigenvalue weighted by molar-refractivity contribution is 7.89. The van der Waals surface area contributed by atoms with Crippen molar-refractivity contribution in [3.8, 4) is 5.75 Å². The minimum atomic E-state index is -3.91. The van der Waals surface area contributed by atoms with Crippen molar-refractivity contribution in [2.75, 3.05) is 25.1 Å². The van der Waals surface area contributed by atoms with Crippen molar-refractivity contribution in [3.63, 3.8) is 0 Å². The highest BCUT2D eigenvalue weighted by Crippen LogP contribution is 2.22. The van der Waals surface area contributed by atoms with Crippen molar-refractivity contribution in [2.24, 2.45) is 0 Å². The number of para-hydroxylation sites is 1. The molecule has 0 bridgehead atoms. The minimum Gasteiger partial charge on any atom is -0.494 e. The molecule has 3 aromatic carbocycles. The van der Waals surface area contributed by atoms with E-state index in [1.807, 2.05) is 55.5 Å². The van der Waals surface area contributed by atoms with Crippen LogP contribution in [0.3, 0.4) is 0 Å². The van der Waals surface area contributed by atoms with E-state index in [2.05, 4.69) is 0 Å². The molecule has 0 atom stereocenters. The van der Waals surface area contributed by atoms with Gasteiger partial charge in [0.1, 0.15) is 5.75 Å². The van der Waals surface area contributed by atoms with Crippen molar-refractivity contribution < 1.29 is 17.9 Å². The van der Waals surface area contributed by atoms with Crippen molar-refractivity contribution in [3.05, 3.63) is 90.5 Å². The molecule has 6 nitrogen and oxygen atoms in total. The first-order valence-electron chi connectivity index (χ1n) is 10.0. The predicted molar refractivity (Wildman–Crippen MR) is 122 cm³/mol. The van der Waals surface area contributed by atoms with Crippen LogP contribution in [0.1, 0.15) is 12.5 Å². The Morgan fingerprint density at radius 1 is 0.871 bits per heavy atom. The average molecular weight is 439 g/mol. The van der Waals surface area contributed by atoms with E-state index in [0.29, 0.717) is 18.0 Å². The Labute approximate surface area is 183 Å². The van der Waals surface area contributed by atoms with E-state index in [0.717, 1.165) is 5.56 Å². The molecule has 0 N–H and O–H groups in total. The molecule has 0 heterocycles. The lowest BCUT2D eigenvalue weighted by Gasteiger charge is -2.25. The SMILES string of the molecule is CCOc1ccc(S(=O)(=O)N(CC(=O)N(C)c2ccccc2)Cc2ccccc2)cc1. The normalized spacial score (nSPS) is 11.3. The largest absolute Gasteiger partial charge is 0.494 e. The fraction of sp³-hybridized carbons (Fsp3) is 0.208. The maximum absolute atomic E-state index is 13.4. The second-order valence-electron chi connectivity index (χ2n) is 6.95. The smallest absolute Gasteiger partial charge is 0.243 e. The summed E-state index contributed by atoms with van der Waals surface area (Å²) < 4.78 is 33.4. The number of ether oxygens (including phenoxy) is 1. The number of sulfonamides is 1. The first kappa shape index (κ1) is 22.5. The Morgan fingerprint density at radius 3 is 2.03 bits per heavy atom. The Bertz CT molecular complexity index is 1090. The van der Waals surface area contributed by atoms with Gasteiger partial charge in [0.05, 0.1) is 18.0 Å². The maximum atomic E-state index is 13.4. The van der Waals surface area contributed by atoms with E-state index in [1.165, 1.54) is 21.3 Å². The van der Waals surface area contributed by atoms with Crippen LogP contribution in [0.25, 0.3) is 0 Å². The Kier molecular flexibility index (Phi) is 7.44. The molecule has 0 unspecified atom stereocenters. The zero-order valence-corrected chi connectivity index (χ0v) is 18.5. The monoisotopic (exact) mass is 438 g/mol. The summed E-state index contributed by atoms with van der Waals surface area (Å²) in [6, 6.07) is 24.6. The molecule has 7 heteroatoms. The Balaban J connectivity index is 1.89. The molecule has 0 aromatic heterocycles. The molecule has 0 saturated heterocycles. The van der Waals surface area contributed by atoms with Gasteiger partial charge in [-0.1, -0.05) is 48.5 Å². The molecule has 0 radical (unpaired) electrons. The summed E-state index contributed by atoms with van der Waals surface area (Å²) >= 11 is 0. The third kappa shape index (κ3) is 5.71. The number of carbonyl (C=O) groups is 1. The summed E-state index contributed by atoms with van der Waals surface area (Å²) in [5, 5.41) is 0. The third-order valence-corrected chi connectivity index (χ3v) is 6.61. The van der Waals surface area contributed by atoms with E-state index in [-0.39, 0.29) is 23.9 Å². The molecular weight excluding hydrogens is 412 g/mol. The van der Waals surface area contributed by atoms with Crippen LogP contribution < -0.4 is 9.64 Å². The second kappa shape index (κ2) is 10.2. The van der Waals surface area contributed by atoms with E-state index in [9.17, 15) is 13.2 Å². The first-order chi connectivity index (χ1) is 14.9. The molecule has 3 rings (SSSR count). The van der Waals surface area contributed by atoms with Gasteiger partial charge in [-0.05, 0) is 48.9 Å². The molecule has 0 saturated carbocycles. The molecule has 1 amide bonds. The highest BCUT2D eigenvalue weighted by Gasteiger charge is 2.28. The van der Waals surface area contributed by atoms with Gasteiger partial charge in [0, 0.05) is 19.3 Å². The molecule has 0 fully saturated rings. The molecule has 31 heavy (non-hydrogen) atoms. The van der Waals surface area contributed by atoms with Crippen molar-refractivity contribution in [1.29, 1.82) is 0 Å². The zero-order chi connectivity index (χ0) is 22.3. The van der Waals surface area contributed by atoms with Crippen LogP contribution in [0.15, 0.2) is 89.8 Å². The zero-order valence-electron chi connectivity index (χ0n) is 17.6. The van der Waals surface area contributed by atoms with E-state index < -0.39 is 10.0 Å². The van der Waals surface area contributed by atoms with Crippen LogP contribution in [0.4, 0.5) is 5.69 Å². The lowest BCUT2D eigenvalue weighted by atomic mass is 10.2. The summed E-state index contributed by atoms with van der Waals surface area (Å²) in [6.07, 6.45) is 0. The summed E-state index contributed by atoms with van der Waals surface area (Å²) in [7, 11) is -2.27.